The summed E-state index contributed by atoms with van der Waals surface area (Å²) in [6.07, 6.45) is -1.25. The fourth-order valence-corrected chi connectivity index (χ4v) is 3.97. The van der Waals surface area contributed by atoms with E-state index in [9.17, 15) is 22.8 Å². The summed E-state index contributed by atoms with van der Waals surface area (Å²) in [5, 5.41) is 4.57. The first kappa shape index (κ1) is 24.6. The fourth-order valence-electron chi connectivity index (χ4n) is 2.48. The molecule has 0 radical (unpaired) electrons. The Morgan fingerprint density at radius 1 is 1.10 bits per heavy atom. The molecular formula is C19H29N3O6S. The smallest absolute Gasteiger partial charge is 0.339 e. The van der Waals surface area contributed by atoms with Crippen LogP contribution in [0.2, 0.25) is 0 Å². The lowest BCUT2D eigenvalue weighted by molar-refractivity contribution is -0.127. The summed E-state index contributed by atoms with van der Waals surface area (Å²) >= 11 is 0. The normalized spacial score (nSPS) is 12.6. The molecule has 9 nitrogen and oxygen atoms in total. The first-order valence-corrected chi connectivity index (χ1v) is 10.8. The van der Waals surface area contributed by atoms with E-state index in [0.29, 0.717) is 18.7 Å². The van der Waals surface area contributed by atoms with E-state index in [1.54, 1.807) is 34.6 Å². The number of ether oxygens (including phenoxy) is 1. The van der Waals surface area contributed by atoms with Crippen molar-refractivity contribution in [2.45, 2.75) is 58.6 Å². The van der Waals surface area contributed by atoms with Gasteiger partial charge in [-0.15, -0.1) is 0 Å². The minimum atomic E-state index is -3.75. The maximum atomic E-state index is 12.7. The Morgan fingerprint density at radius 3 is 2.21 bits per heavy atom. The van der Waals surface area contributed by atoms with Crippen LogP contribution < -0.4 is 10.6 Å². The molecule has 0 aliphatic rings. The number of rotatable bonds is 8. The van der Waals surface area contributed by atoms with Gasteiger partial charge in [0.25, 0.3) is 5.91 Å². The van der Waals surface area contributed by atoms with E-state index < -0.39 is 34.0 Å². The molecule has 2 N–H and O–H groups in total. The van der Waals surface area contributed by atoms with E-state index in [2.05, 4.69) is 10.6 Å². The molecule has 0 aromatic heterocycles. The molecule has 0 saturated carbocycles. The Hall–Kier alpha value is -2.46. The average Bonchev–Trinajstić information content (AvgIpc) is 2.61. The van der Waals surface area contributed by atoms with Gasteiger partial charge in [0.1, 0.15) is 0 Å². The van der Waals surface area contributed by atoms with Crippen molar-refractivity contribution in [3.63, 3.8) is 0 Å². The zero-order valence-corrected chi connectivity index (χ0v) is 18.4. The summed E-state index contributed by atoms with van der Waals surface area (Å²) in [5.41, 5.74) is 0.531. The van der Waals surface area contributed by atoms with Crippen LogP contribution in [0.3, 0.4) is 0 Å². The minimum Gasteiger partial charge on any atom is -0.449 e. The Balaban J connectivity index is 3.00. The zero-order valence-electron chi connectivity index (χ0n) is 17.6. The number of nitrogens with zero attached hydrogens (tertiary/aromatic N) is 1. The molecule has 0 bridgehead atoms. The van der Waals surface area contributed by atoms with Crippen molar-refractivity contribution in [2.24, 2.45) is 0 Å². The zero-order chi connectivity index (χ0) is 22.4. The summed E-state index contributed by atoms with van der Waals surface area (Å²) in [5.74, 6) is -1.65. The molecule has 162 valence electrons. The van der Waals surface area contributed by atoms with E-state index in [1.807, 2.05) is 0 Å². The second kappa shape index (κ2) is 10.4. The molecule has 3 amide bonds. The number of sulfonamides is 1. The van der Waals surface area contributed by atoms with Crippen LogP contribution in [0.5, 0.6) is 0 Å². The van der Waals surface area contributed by atoms with Crippen LogP contribution in [0.15, 0.2) is 23.1 Å². The van der Waals surface area contributed by atoms with Gasteiger partial charge in [0.05, 0.1) is 10.5 Å². The van der Waals surface area contributed by atoms with Crippen molar-refractivity contribution < 1.29 is 27.5 Å². The summed E-state index contributed by atoms with van der Waals surface area (Å²) in [6.45, 7) is 10.4. The van der Waals surface area contributed by atoms with E-state index in [4.69, 9.17) is 4.74 Å². The molecule has 0 aliphatic heterocycles. The Morgan fingerprint density at radius 2 is 1.69 bits per heavy atom. The first-order chi connectivity index (χ1) is 13.4. The number of benzene rings is 1. The van der Waals surface area contributed by atoms with Crippen molar-refractivity contribution >= 4 is 27.9 Å². The van der Waals surface area contributed by atoms with Crippen LogP contribution in [0.4, 0.5) is 4.79 Å². The second-order valence-electron chi connectivity index (χ2n) is 6.73. The van der Waals surface area contributed by atoms with Crippen molar-refractivity contribution in [2.75, 3.05) is 13.1 Å². The molecule has 1 atom stereocenters. The number of carbonyl (C=O) groups excluding carboxylic acids is 3. The molecule has 10 heteroatoms. The number of aryl methyl sites for hydroxylation is 1. The summed E-state index contributed by atoms with van der Waals surface area (Å²) < 4.78 is 31.8. The maximum Gasteiger partial charge on any atom is 0.339 e. The van der Waals surface area contributed by atoms with Gasteiger partial charge < -0.3 is 10.1 Å². The number of amides is 3. The number of urea groups is 1. The molecule has 0 aliphatic carbocycles. The predicted molar refractivity (Wildman–Crippen MR) is 108 cm³/mol. The fraction of sp³-hybridized carbons (Fsp3) is 0.526. The minimum absolute atomic E-state index is 0.0320. The SMILES string of the molecule is CCN(CC)S(=O)(=O)c1ccc(C)c(C(=O)O[C@@H](C)C(=O)NC(=O)NC(C)C)c1. The number of esters is 1. The maximum absolute atomic E-state index is 12.7. The van der Waals surface area contributed by atoms with Crippen molar-refractivity contribution in [1.29, 1.82) is 0 Å². The van der Waals surface area contributed by atoms with E-state index in [1.165, 1.54) is 29.4 Å². The highest BCUT2D eigenvalue weighted by atomic mass is 32.2. The average molecular weight is 428 g/mol. The van der Waals surface area contributed by atoms with Gasteiger partial charge in [-0.3, -0.25) is 10.1 Å². The number of imide groups is 1. The lowest BCUT2D eigenvalue weighted by atomic mass is 10.1. The highest BCUT2D eigenvalue weighted by Gasteiger charge is 2.26. The third-order valence-electron chi connectivity index (χ3n) is 4.08. The predicted octanol–water partition coefficient (Wildman–Crippen LogP) is 1.81. The van der Waals surface area contributed by atoms with Gasteiger partial charge in [0.15, 0.2) is 6.10 Å². The van der Waals surface area contributed by atoms with Gasteiger partial charge in [0, 0.05) is 19.1 Å². The molecular weight excluding hydrogens is 398 g/mol. The largest absolute Gasteiger partial charge is 0.449 e. The van der Waals surface area contributed by atoms with Gasteiger partial charge in [-0.05, 0) is 45.4 Å². The van der Waals surface area contributed by atoms with E-state index in [-0.39, 0.29) is 16.5 Å². The molecule has 0 fully saturated rings. The highest BCUT2D eigenvalue weighted by Crippen LogP contribution is 2.20. The Bertz CT molecular complexity index is 863. The van der Waals surface area contributed by atoms with Crippen LogP contribution in [-0.4, -0.2) is 55.9 Å². The summed E-state index contributed by atoms with van der Waals surface area (Å²) in [7, 11) is -3.75. The molecule has 0 heterocycles. The van der Waals surface area contributed by atoms with Gasteiger partial charge in [-0.25, -0.2) is 18.0 Å². The van der Waals surface area contributed by atoms with E-state index >= 15 is 0 Å². The Labute approximate surface area is 171 Å². The summed E-state index contributed by atoms with van der Waals surface area (Å²) in [6, 6.07) is 3.30. The molecule has 0 unspecified atom stereocenters. The topological polar surface area (TPSA) is 122 Å². The third-order valence-corrected chi connectivity index (χ3v) is 6.13. The Kier molecular flexibility index (Phi) is 8.78. The quantitative estimate of drug-likeness (QED) is 0.610. The standard InChI is InChI=1S/C19H29N3O6S/c1-7-22(8-2)29(26,27)15-10-9-13(5)16(11-15)18(24)28-14(6)17(23)21-19(25)20-12(3)4/h9-12,14H,7-8H2,1-6H3,(H2,20,21,23,25)/t14-/m0/s1. The van der Waals surface area contributed by atoms with Crippen molar-refractivity contribution in [3.8, 4) is 0 Å². The molecule has 1 aromatic carbocycles. The first-order valence-electron chi connectivity index (χ1n) is 9.37. The molecule has 1 aromatic rings. The van der Waals surface area contributed by atoms with Gasteiger partial charge in [-0.2, -0.15) is 4.31 Å². The lowest BCUT2D eigenvalue weighted by Crippen LogP contribution is -2.46. The van der Waals surface area contributed by atoms with Crippen molar-refractivity contribution in [1.82, 2.24) is 14.9 Å². The third kappa shape index (κ3) is 6.53. The van der Waals surface area contributed by atoms with Crippen LogP contribution in [0.1, 0.15) is 50.5 Å². The number of carbonyl (C=O) groups is 3. The molecule has 0 saturated heterocycles. The van der Waals surface area contributed by atoms with Gasteiger partial charge in [0.2, 0.25) is 10.0 Å². The molecule has 0 spiro atoms. The number of hydrogen-bond donors (Lipinski definition) is 2. The second-order valence-corrected chi connectivity index (χ2v) is 8.67. The molecule has 1 rings (SSSR count). The number of hydrogen-bond acceptors (Lipinski definition) is 6. The van der Waals surface area contributed by atoms with Crippen LogP contribution in [-0.2, 0) is 19.6 Å². The van der Waals surface area contributed by atoms with Crippen LogP contribution in [0, 0.1) is 6.92 Å². The highest BCUT2D eigenvalue weighted by molar-refractivity contribution is 7.89. The lowest BCUT2D eigenvalue weighted by Gasteiger charge is -2.19. The summed E-state index contributed by atoms with van der Waals surface area (Å²) in [4.78, 5) is 36.1. The van der Waals surface area contributed by atoms with Crippen LogP contribution in [0.25, 0.3) is 0 Å². The van der Waals surface area contributed by atoms with Crippen molar-refractivity contribution in [3.05, 3.63) is 29.3 Å². The van der Waals surface area contributed by atoms with Gasteiger partial charge >= 0.3 is 12.0 Å². The van der Waals surface area contributed by atoms with Gasteiger partial charge in [-0.1, -0.05) is 19.9 Å². The molecule has 29 heavy (non-hydrogen) atoms. The number of nitrogens with one attached hydrogen (secondary N) is 2. The van der Waals surface area contributed by atoms with Crippen LogP contribution >= 0.6 is 0 Å². The van der Waals surface area contributed by atoms with E-state index in [0.717, 1.165) is 0 Å². The monoisotopic (exact) mass is 427 g/mol.